The normalized spacial score (nSPS) is 10.1. The first-order valence-corrected chi connectivity index (χ1v) is 4.70. The van der Waals surface area contributed by atoms with Crippen LogP contribution < -0.4 is 10.5 Å². The molecule has 1 rings (SSSR count). The minimum absolute atomic E-state index is 0.105. The van der Waals surface area contributed by atoms with E-state index in [1.54, 1.807) is 13.2 Å². The summed E-state index contributed by atoms with van der Waals surface area (Å²) in [6, 6.07) is 2.88. The summed E-state index contributed by atoms with van der Waals surface area (Å²) in [5.41, 5.74) is 6.37. The SMILES string of the molecule is COCCc1c(OC)ccc([N+](=O)[O-])c1N. The molecule has 0 saturated carbocycles. The third-order valence-electron chi connectivity index (χ3n) is 2.26. The maximum Gasteiger partial charge on any atom is 0.292 e. The summed E-state index contributed by atoms with van der Waals surface area (Å²) in [6.45, 7) is 0.432. The van der Waals surface area contributed by atoms with Gasteiger partial charge in [-0.15, -0.1) is 0 Å². The van der Waals surface area contributed by atoms with Crippen LogP contribution in [-0.4, -0.2) is 25.7 Å². The van der Waals surface area contributed by atoms with Gasteiger partial charge in [-0.2, -0.15) is 0 Å². The Kier molecular flexibility index (Phi) is 4.07. The maximum absolute atomic E-state index is 10.7. The van der Waals surface area contributed by atoms with E-state index in [1.165, 1.54) is 13.2 Å². The van der Waals surface area contributed by atoms with E-state index in [0.717, 1.165) is 0 Å². The van der Waals surface area contributed by atoms with Crippen molar-refractivity contribution in [3.05, 3.63) is 27.8 Å². The van der Waals surface area contributed by atoms with E-state index in [-0.39, 0.29) is 11.4 Å². The largest absolute Gasteiger partial charge is 0.496 e. The van der Waals surface area contributed by atoms with Crippen molar-refractivity contribution in [1.29, 1.82) is 0 Å². The van der Waals surface area contributed by atoms with Gasteiger partial charge in [-0.25, -0.2) is 0 Å². The second-order valence-corrected chi connectivity index (χ2v) is 3.18. The van der Waals surface area contributed by atoms with Gasteiger partial charge in [-0.3, -0.25) is 10.1 Å². The van der Waals surface area contributed by atoms with E-state index in [0.29, 0.717) is 24.3 Å². The number of anilines is 1. The van der Waals surface area contributed by atoms with Crippen molar-refractivity contribution >= 4 is 11.4 Å². The molecule has 6 nitrogen and oxygen atoms in total. The summed E-state index contributed by atoms with van der Waals surface area (Å²) in [7, 11) is 3.05. The lowest BCUT2D eigenvalue weighted by molar-refractivity contribution is -0.384. The lowest BCUT2D eigenvalue weighted by Crippen LogP contribution is -2.05. The van der Waals surface area contributed by atoms with Gasteiger partial charge in [0.1, 0.15) is 11.4 Å². The van der Waals surface area contributed by atoms with E-state index in [9.17, 15) is 10.1 Å². The average Bonchev–Trinajstić information content (AvgIpc) is 2.26. The monoisotopic (exact) mass is 226 g/mol. The van der Waals surface area contributed by atoms with Gasteiger partial charge >= 0.3 is 0 Å². The van der Waals surface area contributed by atoms with Crippen LogP contribution in [0.2, 0.25) is 0 Å². The number of nitrogen functional groups attached to an aromatic ring is 1. The number of nitro groups is 1. The van der Waals surface area contributed by atoms with Crippen LogP contribution in [-0.2, 0) is 11.2 Å². The van der Waals surface area contributed by atoms with Crippen LogP contribution in [0.3, 0.4) is 0 Å². The van der Waals surface area contributed by atoms with Crippen LogP contribution in [0, 0.1) is 10.1 Å². The molecule has 0 aliphatic heterocycles. The second-order valence-electron chi connectivity index (χ2n) is 3.18. The number of nitrogens with zero attached hydrogens (tertiary/aromatic N) is 1. The minimum Gasteiger partial charge on any atom is -0.496 e. The lowest BCUT2D eigenvalue weighted by Gasteiger charge is -2.10. The predicted molar refractivity (Wildman–Crippen MR) is 59.6 cm³/mol. The summed E-state index contributed by atoms with van der Waals surface area (Å²) in [4.78, 5) is 10.2. The fourth-order valence-corrected chi connectivity index (χ4v) is 1.44. The standard InChI is InChI=1S/C10H14N2O4/c1-15-6-5-7-9(16-2)4-3-8(10(7)11)12(13)14/h3-4H,5-6,11H2,1-2H3. The maximum atomic E-state index is 10.7. The number of ether oxygens (including phenoxy) is 2. The number of benzene rings is 1. The molecule has 0 aliphatic rings. The average molecular weight is 226 g/mol. The van der Waals surface area contributed by atoms with Crippen LogP contribution >= 0.6 is 0 Å². The number of hydrogen-bond donors (Lipinski definition) is 1. The van der Waals surface area contributed by atoms with Crippen molar-refractivity contribution in [2.45, 2.75) is 6.42 Å². The summed E-state index contributed by atoms with van der Waals surface area (Å²) in [5, 5.41) is 10.7. The Hall–Kier alpha value is -1.82. The zero-order valence-corrected chi connectivity index (χ0v) is 9.23. The van der Waals surface area contributed by atoms with Gasteiger partial charge in [0.05, 0.1) is 18.6 Å². The topological polar surface area (TPSA) is 87.6 Å². The molecule has 2 N–H and O–H groups in total. The van der Waals surface area contributed by atoms with Crippen molar-refractivity contribution < 1.29 is 14.4 Å². The summed E-state index contributed by atoms with van der Waals surface area (Å²) in [6.07, 6.45) is 0.479. The quantitative estimate of drug-likeness (QED) is 0.465. The van der Waals surface area contributed by atoms with Crippen molar-refractivity contribution in [3.8, 4) is 5.75 Å². The molecular weight excluding hydrogens is 212 g/mol. The van der Waals surface area contributed by atoms with Crippen molar-refractivity contribution in [3.63, 3.8) is 0 Å². The van der Waals surface area contributed by atoms with Gasteiger partial charge in [0, 0.05) is 25.2 Å². The van der Waals surface area contributed by atoms with Crippen LogP contribution in [0.5, 0.6) is 5.75 Å². The summed E-state index contributed by atoms with van der Waals surface area (Å²) >= 11 is 0. The summed E-state index contributed by atoms with van der Waals surface area (Å²) < 4.78 is 10.0. The molecule has 0 spiro atoms. The third-order valence-corrected chi connectivity index (χ3v) is 2.26. The van der Waals surface area contributed by atoms with E-state index in [1.807, 2.05) is 0 Å². The Labute approximate surface area is 93.1 Å². The molecule has 0 heterocycles. The lowest BCUT2D eigenvalue weighted by atomic mass is 10.1. The summed E-state index contributed by atoms with van der Waals surface area (Å²) in [5.74, 6) is 0.542. The second kappa shape index (κ2) is 5.32. The van der Waals surface area contributed by atoms with Gasteiger partial charge in [-0.05, 0) is 6.07 Å². The van der Waals surface area contributed by atoms with Crippen LogP contribution in [0.15, 0.2) is 12.1 Å². The van der Waals surface area contributed by atoms with Crippen molar-refractivity contribution in [2.75, 3.05) is 26.6 Å². The molecular formula is C10H14N2O4. The van der Waals surface area contributed by atoms with Crippen LogP contribution in [0.4, 0.5) is 11.4 Å². The van der Waals surface area contributed by atoms with Gasteiger partial charge in [0.15, 0.2) is 0 Å². The van der Waals surface area contributed by atoms with E-state index < -0.39 is 4.92 Å². The Morgan fingerprint density at radius 3 is 2.62 bits per heavy atom. The smallest absolute Gasteiger partial charge is 0.292 e. The predicted octanol–water partition coefficient (Wildman–Crippen LogP) is 1.37. The number of hydrogen-bond acceptors (Lipinski definition) is 5. The van der Waals surface area contributed by atoms with E-state index in [2.05, 4.69) is 0 Å². The molecule has 0 unspecified atom stereocenters. The Morgan fingerprint density at radius 1 is 1.44 bits per heavy atom. The highest BCUT2D eigenvalue weighted by Crippen LogP contribution is 2.32. The first-order chi connectivity index (χ1) is 7.61. The third kappa shape index (κ3) is 2.40. The van der Waals surface area contributed by atoms with Crippen molar-refractivity contribution in [2.24, 2.45) is 0 Å². The molecule has 88 valence electrons. The van der Waals surface area contributed by atoms with Crippen LogP contribution in [0.25, 0.3) is 0 Å². The van der Waals surface area contributed by atoms with Crippen LogP contribution in [0.1, 0.15) is 5.56 Å². The first-order valence-electron chi connectivity index (χ1n) is 4.70. The van der Waals surface area contributed by atoms with Gasteiger partial charge in [-0.1, -0.05) is 0 Å². The molecule has 0 atom stereocenters. The molecule has 16 heavy (non-hydrogen) atoms. The molecule has 0 bridgehead atoms. The van der Waals surface area contributed by atoms with Crippen molar-refractivity contribution in [1.82, 2.24) is 0 Å². The van der Waals surface area contributed by atoms with E-state index >= 15 is 0 Å². The highest BCUT2D eigenvalue weighted by Gasteiger charge is 2.18. The first kappa shape index (κ1) is 12.3. The minimum atomic E-state index is -0.509. The molecule has 0 radical (unpaired) electrons. The molecule has 0 amide bonds. The molecule has 0 aromatic heterocycles. The number of nitrogens with two attached hydrogens (primary N) is 1. The Bertz CT molecular complexity index is 393. The number of methoxy groups -OCH3 is 2. The van der Waals surface area contributed by atoms with Gasteiger partial charge in [0.25, 0.3) is 5.69 Å². The fraction of sp³-hybridized carbons (Fsp3) is 0.400. The highest BCUT2D eigenvalue weighted by atomic mass is 16.6. The molecule has 1 aromatic carbocycles. The van der Waals surface area contributed by atoms with E-state index in [4.69, 9.17) is 15.2 Å². The molecule has 0 fully saturated rings. The Balaban J connectivity index is 3.17. The van der Waals surface area contributed by atoms with Gasteiger partial charge in [0.2, 0.25) is 0 Å². The number of nitro benzene ring substituents is 1. The number of rotatable bonds is 5. The Morgan fingerprint density at radius 2 is 2.12 bits per heavy atom. The zero-order chi connectivity index (χ0) is 12.1. The zero-order valence-electron chi connectivity index (χ0n) is 9.23. The molecule has 0 saturated heterocycles. The highest BCUT2D eigenvalue weighted by molar-refractivity contribution is 5.67. The fourth-order valence-electron chi connectivity index (χ4n) is 1.44. The molecule has 6 heteroatoms. The van der Waals surface area contributed by atoms with Gasteiger partial charge < -0.3 is 15.2 Å². The molecule has 0 aliphatic carbocycles. The molecule has 1 aromatic rings.